The average molecular weight is 317 g/mol. The molecule has 1 aliphatic heterocycles. The van der Waals surface area contributed by atoms with Crippen LogP contribution in [0.1, 0.15) is 30.6 Å². The first-order valence-electron chi connectivity index (χ1n) is 6.78. The van der Waals surface area contributed by atoms with Gasteiger partial charge in [-0.05, 0) is 25.6 Å². The smallest absolute Gasteiger partial charge is 0.257 e. The highest BCUT2D eigenvalue weighted by molar-refractivity contribution is 6.34. The van der Waals surface area contributed by atoms with Gasteiger partial charge in [0.1, 0.15) is 0 Å². The molecule has 0 N–H and O–H groups in total. The summed E-state index contributed by atoms with van der Waals surface area (Å²) >= 11 is 11.7. The number of hydrogen-bond donors (Lipinski definition) is 0. The van der Waals surface area contributed by atoms with Crippen LogP contribution in [-0.2, 0) is 0 Å². The van der Waals surface area contributed by atoms with Crippen molar-refractivity contribution in [1.29, 1.82) is 0 Å². The SMILES string of the molecule is CCN(CC)C1CCN(C(=O)c2cc(Cl)nnc2Cl)C1. The molecule has 1 fully saturated rings. The number of aromatic nitrogens is 2. The van der Waals surface area contributed by atoms with Gasteiger partial charge in [0.15, 0.2) is 10.3 Å². The number of rotatable bonds is 4. The third-order valence-corrected chi connectivity index (χ3v) is 4.19. The monoisotopic (exact) mass is 316 g/mol. The van der Waals surface area contributed by atoms with E-state index >= 15 is 0 Å². The highest BCUT2D eigenvalue weighted by Crippen LogP contribution is 2.22. The van der Waals surface area contributed by atoms with E-state index in [1.54, 1.807) is 0 Å². The summed E-state index contributed by atoms with van der Waals surface area (Å²) in [6.45, 7) is 7.71. The number of nitrogens with zero attached hydrogens (tertiary/aromatic N) is 4. The van der Waals surface area contributed by atoms with Gasteiger partial charge in [0.05, 0.1) is 5.56 Å². The van der Waals surface area contributed by atoms with Crippen LogP contribution in [0.5, 0.6) is 0 Å². The molecule has 1 saturated heterocycles. The number of halogens is 2. The Hall–Kier alpha value is -0.910. The van der Waals surface area contributed by atoms with Crippen LogP contribution in [-0.4, -0.2) is 58.1 Å². The first-order valence-corrected chi connectivity index (χ1v) is 7.54. The molecule has 110 valence electrons. The second kappa shape index (κ2) is 6.70. The zero-order valence-electron chi connectivity index (χ0n) is 11.6. The van der Waals surface area contributed by atoms with E-state index in [2.05, 4.69) is 28.9 Å². The second-order valence-electron chi connectivity index (χ2n) is 4.79. The molecule has 0 bridgehead atoms. The predicted molar refractivity (Wildman–Crippen MR) is 79.3 cm³/mol. The van der Waals surface area contributed by atoms with Gasteiger partial charge in [-0.15, -0.1) is 10.2 Å². The summed E-state index contributed by atoms with van der Waals surface area (Å²) in [7, 11) is 0. The van der Waals surface area contributed by atoms with E-state index in [4.69, 9.17) is 23.2 Å². The predicted octanol–water partition coefficient (Wildman–Crippen LogP) is 2.34. The van der Waals surface area contributed by atoms with Gasteiger partial charge in [-0.2, -0.15) is 0 Å². The standard InChI is InChI=1S/C13H18Cl2N4O/c1-3-18(4-2)9-5-6-19(8-9)13(20)10-7-11(14)16-17-12(10)15/h7,9H,3-6,8H2,1-2H3. The maximum absolute atomic E-state index is 12.5. The molecule has 1 amide bonds. The topological polar surface area (TPSA) is 49.3 Å². The molecule has 1 aromatic rings. The minimum atomic E-state index is -0.124. The van der Waals surface area contributed by atoms with Gasteiger partial charge >= 0.3 is 0 Å². The van der Waals surface area contributed by atoms with Crippen LogP contribution < -0.4 is 0 Å². The third-order valence-electron chi connectivity index (χ3n) is 3.73. The summed E-state index contributed by atoms with van der Waals surface area (Å²) in [5, 5.41) is 7.59. The number of carbonyl (C=O) groups is 1. The molecule has 0 spiro atoms. The van der Waals surface area contributed by atoms with Crippen LogP contribution in [0.15, 0.2) is 6.07 Å². The van der Waals surface area contributed by atoms with E-state index in [1.807, 2.05) is 4.90 Å². The molecule has 1 aliphatic rings. The average Bonchev–Trinajstić information content (AvgIpc) is 2.92. The summed E-state index contributed by atoms with van der Waals surface area (Å²) in [5.41, 5.74) is 0.326. The van der Waals surface area contributed by atoms with E-state index in [0.717, 1.165) is 32.6 Å². The Bertz CT molecular complexity index is 493. The zero-order valence-corrected chi connectivity index (χ0v) is 13.2. The highest BCUT2D eigenvalue weighted by atomic mass is 35.5. The first-order chi connectivity index (χ1) is 9.56. The lowest BCUT2D eigenvalue weighted by molar-refractivity contribution is 0.0777. The first kappa shape index (κ1) is 15.5. The number of likely N-dealkylation sites (N-methyl/N-ethyl adjacent to an activating group) is 1. The quantitative estimate of drug-likeness (QED) is 0.855. The van der Waals surface area contributed by atoms with Crippen molar-refractivity contribution < 1.29 is 4.79 Å². The molecule has 7 heteroatoms. The van der Waals surface area contributed by atoms with Crippen LogP contribution >= 0.6 is 23.2 Å². The maximum Gasteiger partial charge on any atom is 0.257 e. The molecule has 5 nitrogen and oxygen atoms in total. The number of carbonyl (C=O) groups excluding carboxylic acids is 1. The van der Waals surface area contributed by atoms with E-state index in [9.17, 15) is 4.79 Å². The van der Waals surface area contributed by atoms with Gasteiger partial charge in [0, 0.05) is 19.1 Å². The van der Waals surface area contributed by atoms with E-state index in [-0.39, 0.29) is 16.2 Å². The molecule has 2 rings (SSSR count). The van der Waals surface area contributed by atoms with Gasteiger partial charge in [-0.3, -0.25) is 9.69 Å². The minimum Gasteiger partial charge on any atom is -0.337 e. The molecule has 0 radical (unpaired) electrons. The molecule has 1 aromatic heterocycles. The van der Waals surface area contributed by atoms with Crippen molar-refractivity contribution in [2.45, 2.75) is 26.3 Å². The fraction of sp³-hybridized carbons (Fsp3) is 0.615. The summed E-state index contributed by atoms with van der Waals surface area (Å²) < 4.78 is 0. The number of likely N-dealkylation sites (tertiary alicyclic amines) is 1. The van der Waals surface area contributed by atoms with Gasteiger partial charge < -0.3 is 4.90 Å². The van der Waals surface area contributed by atoms with Gasteiger partial charge in [0.2, 0.25) is 0 Å². The molecule has 1 unspecified atom stereocenters. The summed E-state index contributed by atoms with van der Waals surface area (Å²) in [4.78, 5) is 16.6. The van der Waals surface area contributed by atoms with E-state index in [0.29, 0.717) is 11.6 Å². The molecule has 1 atom stereocenters. The van der Waals surface area contributed by atoms with Gasteiger partial charge in [0.25, 0.3) is 5.91 Å². The lowest BCUT2D eigenvalue weighted by atomic mass is 10.2. The van der Waals surface area contributed by atoms with Crippen LogP contribution in [0, 0.1) is 0 Å². The fourth-order valence-electron chi connectivity index (χ4n) is 2.64. The Morgan fingerprint density at radius 1 is 1.40 bits per heavy atom. The molecule has 0 saturated carbocycles. The second-order valence-corrected chi connectivity index (χ2v) is 5.53. The summed E-state index contributed by atoms with van der Waals surface area (Å²) in [6, 6.07) is 1.89. The van der Waals surface area contributed by atoms with E-state index < -0.39 is 0 Å². The van der Waals surface area contributed by atoms with Crippen LogP contribution in [0.25, 0.3) is 0 Å². The highest BCUT2D eigenvalue weighted by Gasteiger charge is 2.30. The lowest BCUT2D eigenvalue weighted by Crippen LogP contribution is -2.38. The molecule has 2 heterocycles. The van der Waals surface area contributed by atoms with Gasteiger partial charge in [-0.1, -0.05) is 37.0 Å². The molecule has 20 heavy (non-hydrogen) atoms. The normalized spacial score (nSPS) is 18.9. The molecule has 0 aromatic carbocycles. The Morgan fingerprint density at radius 2 is 2.10 bits per heavy atom. The Kier molecular flexibility index (Phi) is 5.18. The van der Waals surface area contributed by atoms with Crippen molar-refractivity contribution in [3.8, 4) is 0 Å². The zero-order chi connectivity index (χ0) is 14.7. The van der Waals surface area contributed by atoms with Crippen molar-refractivity contribution in [3.05, 3.63) is 21.9 Å². The van der Waals surface area contributed by atoms with Crippen molar-refractivity contribution in [2.75, 3.05) is 26.2 Å². The van der Waals surface area contributed by atoms with Crippen LogP contribution in [0.3, 0.4) is 0 Å². The van der Waals surface area contributed by atoms with E-state index in [1.165, 1.54) is 6.07 Å². The molecular weight excluding hydrogens is 299 g/mol. The van der Waals surface area contributed by atoms with Crippen molar-refractivity contribution >= 4 is 29.1 Å². The van der Waals surface area contributed by atoms with Crippen LogP contribution in [0.2, 0.25) is 10.3 Å². The van der Waals surface area contributed by atoms with Crippen molar-refractivity contribution in [3.63, 3.8) is 0 Å². The Labute approximate surface area is 128 Å². The largest absolute Gasteiger partial charge is 0.337 e. The van der Waals surface area contributed by atoms with Gasteiger partial charge in [-0.25, -0.2) is 0 Å². The van der Waals surface area contributed by atoms with Crippen molar-refractivity contribution in [1.82, 2.24) is 20.0 Å². The maximum atomic E-state index is 12.5. The third kappa shape index (κ3) is 3.22. The van der Waals surface area contributed by atoms with Crippen molar-refractivity contribution in [2.24, 2.45) is 0 Å². The fourth-order valence-corrected chi connectivity index (χ4v) is 2.96. The lowest BCUT2D eigenvalue weighted by Gasteiger charge is -2.26. The molecular formula is C13H18Cl2N4O. The number of amides is 1. The number of hydrogen-bond acceptors (Lipinski definition) is 4. The summed E-state index contributed by atoms with van der Waals surface area (Å²) in [5.74, 6) is -0.124. The van der Waals surface area contributed by atoms with Crippen LogP contribution in [0.4, 0.5) is 0 Å². The minimum absolute atomic E-state index is 0.102. The molecule has 0 aliphatic carbocycles. The Balaban J connectivity index is 2.10. The Morgan fingerprint density at radius 3 is 2.75 bits per heavy atom. The summed E-state index contributed by atoms with van der Waals surface area (Å²) in [6.07, 6.45) is 0.983.